The Labute approximate surface area is 189 Å². The number of rotatable bonds is 6. The first kappa shape index (κ1) is 23.5. The van der Waals surface area contributed by atoms with Crippen LogP contribution < -0.4 is 15.5 Å². The summed E-state index contributed by atoms with van der Waals surface area (Å²) in [4.78, 5) is 6.71. The Morgan fingerprint density at radius 2 is 2.11 bits per heavy atom. The minimum absolute atomic E-state index is 0. The van der Waals surface area contributed by atoms with E-state index in [1.54, 1.807) is 6.07 Å². The van der Waals surface area contributed by atoms with Crippen molar-refractivity contribution in [3.8, 4) is 0 Å². The predicted molar refractivity (Wildman–Crippen MR) is 128 cm³/mol. The van der Waals surface area contributed by atoms with Crippen LogP contribution in [0.1, 0.15) is 31.7 Å². The summed E-state index contributed by atoms with van der Waals surface area (Å²) in [6.07, 6.45) is 5.79. The Hall–Kier alpha value is -0.740. The van der Waals surface area contributed by atoms with Gasteiger partial charge in [0.05, 0.1) is 25.4 Å². The van der Waals surface area contributed by atoms with Crippen molar-refractivity contribution in [2.24, 2.45) is 4.99 Å². The molecule has 158 valence electrons. The van der Waals surface area contributed by atoms with Crippen molar-refractivity contribution in [3.05, 3.63) is 29.6 Å². The highest BCUT2D eigenvalue weighted by Crippen LogP contribution is 2.28. The maximum atomic E-state index is 14.6. The summed E-state index contributed by atoms with van der Waals surface area (Å²) < 4.78 is 19.9. The Morgan fingerprint density at radius 3 is 2.75 bits per heavy atom. The topological polar surface area (TPSA) is 48.9 Å². The van der Waals surface area contributed by atoms with Crippen molar-refractivity contribution in [2.75, 3.05) is 44.0 Å². The van der Waals surface area contributed by atoms with Gasteiger partial charge >= 0.3 is 0 Å². The van der Waals surface area contributed by atoms with Crippen molar-refractivity contribution in [1.29, 1.82) is 0 Å². The molecule has 1 aromatic rings. The lowest BCUT2D eigenvalue weighted by Gasteiger charge is -2.29. The zero-order chi connectivity index (χ0) is 19.1. The monoisotopic (exact) mass is 522 g/mol. The summed E-state index contributed by atoms with van der Waals surface area (Å²) in [5.74, 6) is 0.642. The number of anilines is 1. The second kappa shape index (κ2) is 12.1. The quantitative estimate of drug-likeness (QED) is 0.340. The molecule has 2 N–H and O–H groups in total. The normalized spacial score (nSPS) is 22.7. The number of aliphatic imine (C=N–C) groups is 1. The molecule has 2 unspecified atom stereocenters. The standard InChI is InChI=1S/C20H31FN4OS.HI/c1-3-22-20(24-16-5-6-17(13-16)27-2)23-14-15-4-7-19(18(21)12-15)25-8-10-26-11-9-25;/h4,7,12,16-17H,3,5-6,8-11,13-14H2,1-2H3,(H2,22,23,24);1H. The molecule has 5 nitrogen and oxygen atoms in total. The third-order valence-corrected chi connectivity index (χ3v) is 6.28. The SMILES string of the molecule is CCNC(=NCc1ccc(N2CCOCC2)c(F)c1)NC1CCC(SC)C1.I. The van der Waals surface area contributed by atoms with Gasteiger partial charge in [0, 0.05) is 30.9 Å². The van der Waals surface area contributed by atoms with Gasteiger partial charge in [0.25, 0.3) is 0 Å². The fourth-order valence-electron chi connectivity index (χ4n) is 3.68. The van der Waals surface area contributed by atoms with Crippen LogP contribution in [-0.2, 0) is 11.3 Å². The van der Waals surface area contributed by atoms with Gasteiger partial charge in [-0.2, -0.15) is 11.8 Å². The third kappa shape index (κ3) is 6.66. The van der Waals surface area contributed by atoms with E-state index >= 15 is 0 Å². The van der Waals surface area contributed by atoms with E-state index in [9.17, 15) is 4.39 Å². The maximum Gasteiger partial charge on any atom is 0.191 e. The summed E-state index contributed by atoms with van der Waals surface area (Å²) in [7, 11) is 0. The van der Waals surface area contributed by atoms with Crippen molar-refractivity contribution >= 4 is 47.4 Å². The van der Waals surface area contributed by atoms with Crippen molar-refractivity contribution in [2.45, 2.75) is 44.0 Å². The largest absolute Gasteiger partial charge is 0.378 e. The molecule has 0 aromatic heterocycles. The van der Waals surface area contributed by atoms with E-state index in [2.05, 4.69) is 28.8 Å². The average Bonchev–Trinajstić information content (AvgIpc) is 3.15. The summed E-state index contributed by atoms with van der Waals surface area (Å²) in [6.45, 7) is 6.13. The van der Waals surface area contributed by atoms with Crippen LogP contribution in [0, 0.1) is 5.82 Å². The maximum absolute atomic E-state index is 14.6. The summed E-state index contributed by atoms with van der Waals surface area (Å²) in [5.41, 5.74) is 1.54. The van der Waals surface area contributed by atoms with Gasteiger partial charge in [0.15, 0.2) is 5.96 Å². The fourth-order valence-corrected chi connectivity index (χ4v) is 4.48. The number of hydrogen-bond acceptors (Lipinski definition) is 4. The smallest absolute Gasteiger partial charge is 0.191 e. The number of halogens is 2. The molecule has 8 heteroatoms. The zero-order valence-corrected chi connectivity index (χ0v) is 19.9. The van der Waals surface area contributed by atoms with Gasteiger partial charge in [-0.1, -0.05) is 6.07 Å². The van der Waals surface area contributed by atoms with Crippen LogP contribution in [0.4, 0.5) is 10.1 Å². The molecule has 0 radical (unpaired) electrons. The van der Waals surface area contributed by atoms with E-state index < -0.39 is 0 Å². The Morgan fingerprint density at radius 1 is 1.32 bits per heavy atom. The average molecular weight is 522 g/mol. The highest BCUT2D eigenvalue weighted by atomic mass is 127. The molecule has 1 aliphatic heterocycles. The molecule has 1 heterocycles. The van der Waals surface area contributed by atoms with E-state index in [4.69, 9.17) is 4.74 Å². The highest BCUT2D eigenvalue weighted by molar-refractivity contribution is 14.0. The van der Waals surface area contributed by atoms with Crippen LogP contribution >= 0.6 is 35.7 Å². The highest BCUT2D eigenvalue weighted by Gasteiger charge is 2.24. The van der Waals surface area contributed by atoms with Gasteiger partial charge in [-0.05, 0) is 50.1 Å². The molecule has 28 heavy (non-hydrogen) atoms. The summed E-state index contributed by atoms with van der Waals surface area (Å²) in [6, 6.07) is 5.92. The van der Waals surface area contributed by atoms with Gasteiger partial charge in [-0.3, -0.25) is 0 Å². The van der Waals surface area contributed by atoms with Gasteiger partial charge in [0.2, 0.25) is 0 Å². The minimum Gasteiger partial charge on any atom is -0.378 e. The van der Waals surface area contributed by atoms with Crippen LogP contribution in [-0.4, -0.2) is 56.4 Å². The number of hydrogen-bond donors (Lipinski definition) is 2. The van der Waals surface area contributed by atoms with Gasteiger partial charge < -0.3 is 20.3 Å². The third-order valence-electron chi connectivity index (χ3n) is 5.19. The number of benzene rings is 1. The number of thioether (sulfide) groups is 1. The molecule has 1 aromatic carbocycles. The summed E-state index contributed by atoms with van der Waals surface area (Å²) in [5, 5.41) is 7.59. The molecule has 0 amide bonds. The van der Waals surface area contributed by atoms with E-state index in [0.717, 1.165) is 36.4 Å². The first-order valence-electron chi connectivity index (χ1n) is 9.88. The van der Waals surface area contributed by atoms with Gasteiger partial charge in [-0.25, -0.2) is 9.38 Å². The molecule has 2 aliphatic rings. The van der Waals surface area contributed by atoms with E-state index in [0.29, 0.717) is 31.5 Å². The number of nitrogens with zero attached hydrogens (tertiary/aromatic N) is 2. The summed E-state index contributed by atoms with van der Waals surface area (Å²) >= 11 is 1.95. The number of ether oxygens (including phenoxy) is 1. The molecule has 2 atom stereocenters. The van der Waals surface area contributed by atoms with Crippen molar-refractivity contribution < 1.29 is 9.13 Å². The first-order chi connectivity index (χ1) is 13.2. The van der Waals surface area contributed by atoms with Gasteiger partial charge in [0.1, 0.15) is 5.82 Å². The lowest BCUT2D eigenvalue weighted by Crippen LogP contribution is -2.42. The van der Waals surface area contributed by atoms with Gasteiger partial charge in [-0.15, -0.1) is 24.0 Å². The number of morpholine rings is 1. The van der Waals surface area contributed by atoms with E-state index in [-0.39, 0.29) is 29.8 Å². The molecule has 1 aliphatic carbocycles. The molecule has 1 saturated carbocycles. The van der Waals surface area contributed by atoms with Crippen molar-refractivity contribution in [1.82, 2.24) is 10.6 Å². The molecule has 1 saturated heterocycles. The van der Waals surface area contributed by atoms with Crippen LogP contribution in [0.2, 0.25) is 0 Å². The molecule has 3 rings (SSSR count). The molecule has 0 bridgehead atoms. The molecule has 2 fully saturated rings. The zero-order valence-electron chi connectivity index (χ0n) is 16.7. The van der Waals surface area contributed by atoms with Crippen LogP contribution in [0.3, 0.4) is 0 Å². The molecule has 0 spiro atoms. The number of nitrogens with one attached hydrogen (secondary N) is 2. The van der Waals surface area contributed by atoms with E-state index in [1.165, 1.54) is 19.3 Å². The lowest BCUT2D eigenvalue weighted by molar-refractivity contribution is 0.122. The van der Waals surface area contributed by atoms with Crippen molar-refractivity contribution in [3.63, 3.8) is 0 Å². The Bertz CT molecular complexity index is 643. The Balaban J connectivity index is 0.00000280. The fraction of sp³-hybridized carbons (Fsp3) is 0.650. The lowest BCUT2D eigenvalue weighted by atomic mass is 10.1. The van der Waals surface area contributed by atoms with Crippen LogP contribution in [0.15, 0.2) is 23.2 Å². The predicted octanol–water partition coefficient (Wildman–Crippen LogP) is 3.62. The van der Waals surface area contributed by atoms with E-state index in [1.807, 2.05) is 28.8 Å². The molecular weight excluding hydrogens is 490 g/mol. The second-order valence-electron chi connectivity index (χ2n) is 7.09. The minimum atomic E-state index is -0.179. The van der Waals surface area contributed by atoms with Crippen LogP contribution in [0.5, 0.6) is 0 Å². The first-order valence-corrected chi connectivity index (χ1v) is 11.2. The second-order valence-corrected chi connectivity index (χ2v) is 8.23. The van der Waals surface area contributed by atoms with Crippen LogP contribution in [0.25, 0.3) is 0 Å². The number of guanidine groups is 1. The Kier molecular flexibility index (Phi) is 10.1. The molecular formula is C20H32FIN4OS.